The van der Waals surface area contributed by atoms with Crippen LogP contribution in [0.15, 0.2) is 12.3 Å². The van der Waals surface area contributed by atoms with Crippen molar-refractivity contribution in [2.24, 2.45) is 0 Å². The van der Waals surface area contributed by atoms with Gasteiger partial charge in [0.1, 0.15) is 0 Å². The molecular weight excluding hydrogens is 247 g/mol. The van der Waals surface area contributed by atoms with Gasteiger partial charge in [-0.25, -0.2) is 0 Å². The highest BCUT2D eigenvalue weighted by Gasteiger charge is 2.26. The van der Waals surface area contributed by atoms with E-state index in [0.717, 1.165) is 0 Å². The van der Waals surface area contributed by atoms with E-state index in [-0.39, 0.29) is 18.5 Å². The second kappa shape index (κ2) is 5.70. The van der Waals surface area contributed by atoms with Crippen molar-refractivity contribution in [3.05, 3.63) is 23.5 Å². The minimum absolute atomic E-state index is 0.0351. The highest BCUT2D eigenvalue weighted by atomic mass is 19.4. The Balaban J connectivity index is 2.48. The van der Waals surface area contributed by atoms with E-state index in [1.165, 1.54) is 12.3 Å². The Morgan fingerprint density at radius 1 is 1.50 bits per heavy atom. The number of carbonyl (C=O) groups is 1. The molecule has 0 bridgehead atoms. The summed E-state index contributed by atoms with van der Waals surface area (Å²) in [6.07, 6.45) is -3.85. The molecule has 1 heterocycles. The number of amides is 1. The summed E-state index contributed by atoms with van der Waals surface area (Å²) in [6, 6.07) is 1.45. The number of pyridine rings is 1. The van der Waals surface area contributed by atoms with Crippen LogP contribution < -0.4 is 11.1 Å². The van der Waals surface area contributed by atoms with E-state index in [0.29, 0.717) is 11.4 Å². The fourth-order valence-corrected chi connectivity index (χ4v) is 1.37. The highest BCUT2D eigenvalue weighted by molar-refractivity contribution is 5.95. The number of nitrogen functional groups attached to an aromatic ring is 1. The van der Waals surface area contributed by atoms with Gasteiger partial charge in [-0.3, -0.25) is 9.78 Å². The molecule has 0 radical (unpaired) electrons. The lowest BCUT2D eigenvalue weighted by Crippen LogP contribution is -2.26. The number of aryl methyl sites for hydroxylation is 1. The van der Waals surface area contributed by atoms with Gasteiger partial charge in [-0.2, -0.15) is 13.2 Å². The van der Waals surface area contributed by atoms with Crippen molar-refractivity contribution in [1.82, 2.24) is 10.3 Å². The number of nitrogens with one attached hydrogen (secondary N) is 1. The maximum absolute atomic E-state index is 11.9. The molecule has 0 atom stereocenters. The number of alkyl halides is 3. The first kappa shape index (κ1) is 14.3. The van der Waals surface area contributed by atoms with Crippen LogP contribution >= 0.6 is 0 Å². The van der Waals surface area contributed by atoms with Crippen LogP contribution in [0.25, 0.3) is 0 Å². The van der Waals surface area contributed by atoms with Gasteiger partial charge in [-0.05, 0) is 19.4 Å². The maximum atomic E-state index is 11.9. The molecule has 0 saturated carbocycles. The van der Waals surface area contributed by atoms with Gasteiger partial charge in [0.25, 0.3) is 5.91 Å². The van der Waals surface area contributed by atoms with E-state index in [9.17, 15) is 18.0 Å². The Morgan fingerprint density at radius 3 is 2.78 bits per heavy atom. The van der Waals surface area contributed by atoms with Gasteiger partial charge in [-0.15, -0.1) is 0 Å². The number of nitrogens with zero attached hydrogens (tertiary/aromatic N) is 1. The lowest BCUT2D eigenvalue weighted by atomic mass is 10.2. The smallest absolute Gasteiger partial charge is 0.389 e. The second-order valence-electron chi connectivity index (χ2n) is 3.88. The van der Waals surface area contributed by atoms with Crippen molar-refractivity contribution in [2.75, 3.05) is 12.3 Å². The summed E-state index contributed by atoms with van der Waals surface area (Å²) >= 11 is 0. The highest BCUT2D eigenvalue weighted by Crippen LogP contribution is 2.20. The van der Waals surface area contributed by atoms with E-state index in [1.54, 1.807) is 6.92 Å². The third kappa shape index (κ3) is 4.60. The maximum Gasteiger partial charge on any atom is 0.389 e. The molecule has 0 unspecified atom stereocenters. The van der Waals surface area contributed by atoms with Crippen LogP contribution in [0.3, 0.4) is 0 Å². The third-order valence-electron chi connectivity index (χ3n) is 2.28. The fourth-order valence-electron chi connectivity index (χ4n) is 1.37. The Bertz CT molecular complexity index is 432. The van der Waals surface area contributed by atoms with Crippen molar-refractivity contribution in [1.29, 1.82) is 0 Å². The minimum Gasteiger partial charge on any atom is -0.397 e. The van der Waals surface area contributed by atoms with Gasteiger partial charge in [0.2, 0.25) is 0 Å². The van der Waals surface area contributed by atoms with Crippen LogP contribution in [0.1, 0.15) is 28.9 Å². The molecule has 1 amide bonds. The molecule has 18 heavy (non-hydrogen) atoms. The van der Waals surface area contributed by atoms with Crippen LogP contribution in [0.2, 0.25) is 0 Å². The number of rotatable bonds is 4. The molecule has 100 valence electrons. The quantitative estimate of drug-likeness (QED) is 0.815. The molecule has 7 heteroatoms. The molecule has 0 aliphatic rings. The minimum atomic E-state index is -4.20. The number of hydrogen-bond acceptors (Lipinski definition) is 3. The topological polar surface area (TPSA) is 68.0 Å². The average molecular weight is 261 g/mol. The molecule has 0 aliphatic carbocycles. The molecule has 0 fully saturated rings. The normalized spacial score (nSPS) is 11.3. The first-order valence-electron chi connectivity index (χ1n) is 5.36. The number of halogens is 3. The van der Waals surface area contributed by atoms with Crippen molar-refractivity contribution >= 4 is 11.6 Å². The lowest BCUT2D eigenvalue weighted by molar-refractivity contribution is -0.135. The summed E-state index contributed by atoms with van der Waals surface area (Å²) < 4.78 is 35.6. The van der Waals surface area contributed by atoms with Gasteiger partial charge in [0.15, 0.2) is 0 Å². The van der Waals surface area contributed by atoms with Crippen LogP contribution in [0.4, 0.5) is 18.9 Å². The van der Waals surface area contributed by atoms with E-state index < -0.39 is 18.5 Å². The van der Waals surface area contributed by atoms with Gasteiger partial charge >= 0.3 is 6.18 Å². The Labute approximate surface area is 102 Å². The molecule has 0 spiro atoms. The summed E-state index contributed by atoms with van der Waals surface area (Å²) in [7, 11) is 0. The predicted molar refractivity (Wildman–Crippen MR) is 61.0 cm³/mol. The van der Waals surface area contributed by atoms with E-state index in [2.05, 4.69) is 10.3 Å². The van der Waals surface area contributed by atoms with Crippen molar-refractivity contribution in [3.63, 3.8) is 0 Å². The number of nitrogens with two attached hydrogens (primary N) is 1. The Hall–Kier alpha value is -1.79. The second-order valence-corrected chi connectivity index (χ2v) is 3.88. The van der Waals surface area contributed by atoms with Crippen LogP contribution in [-0.2, 0) is 0 Å². The summed E-state index contributed by atoms with van der Waals surface area (Å²) in [5.41, 5.74) is 6.58. The van der Waals surface area contributed by atoms with Gasteiger partial charge in [0, 0.05) is 13.0 Å². The molecule has 1 rings (SSSR count). The molecule has 1 aromatic rings. The lowest BCUT2D eigenvalue weighted by Gasteiger charge is -2.09. The van der Waals surface area contributed by atoms with Crippen LogP contribution in [0, 0.1) is 6.92 Å². The van der Waals surface area contributed by atoms with E-state index in [4.69, 9.17) is 5.73 Å². The Morgan fingerprint density at radius 2 is 2.17 bits per heavy atom. The predicted octanol–water partition coefficient (Wildman–Crippen LogP) is 2.04. The summed E-state index contributed by atoms with van der Waals surface area (Å²) in [5.74, 6) is -0.463. The van der Waals surface area contributed by atoms with Gasteiger partial charge < -0.3 is 11.1 Å². The molecule has 0 aliphatic heterocycles. The number of carbonyl (C=O) groups excluding carboxylic acids is 1. The van der Waals surface area contributed by atoms with E-state index >= 15 is 0 Å². The van der Waals surface area contributed by atoms with Crippen LogP contribution in [0.5, 0.6) is 0 Å². The monoisotopic (exact) mass is 261 g/mol. The number of aromatic nitrogens is 1. The number of hydrogen-bond donors (Lipinski definition) is 2. The van der Waals surface area contributed by atoms with Gasteiger partial charge in [0.05, 0.1) is 23.1 Å². The van der Waals surface area contributed by atoms with Crippen LogP contribution in [-0.4, -0.2) is 23.6 Å². The molecule has 0 aromatic carbocycles. The molecule has 3 N–H and O–H groups in total. The van der Waals surface area contributed by atoms with Crippen molar-refractivity contribution in [2.45, 2.75) is 25.9 Å². The average Bonchev–Trinajstić information content (AvgIpc) is 2.26. The first-order valence-corrected chi connectivity index (χ1v) is 5.36. The third-order valence-corrected chi connectivity index (χ3v) is 2.28. The largest absolute Gasteiger partial charge is 0.397 e. The zero-order valence-electron chi connectivity index (χ0n) is 9.84. The molecule has 1 aromatic heterocycles. The summed E-state index contributed by atoms with van der Waals surface area (Å²) in [6.45, 7) is 1.59. The first-order chi connectivity index (χ1) is 8.29. The zero-order valence-corrected chi connectivity index (χ0v) is 9.84. The fraction of sp³-hybridized carbons (Fsp3) is 0.455. The number of anilines is 1. The van der Waals surface area contributed by atoms with Crippen molar-refractivity contribution < 1.29 is 18.0 Å². The Kier molecular flexibility index (Phi) is 4.52. The summed E-state index contributed by atoms with van der Waals surface area (Å²) in [4.78, 5) is 15.6. The van der Waals surface area contributed by atoms with E-state index in [1.807, 2.05) is 0 Å². The zero-order chi connectivity index (χ0) is 13.8. The molecular formula is C11H14F3N3O. The molecule has 4 nitrogen and oxygen atoms in total. The molecule has 0 saturated heterocycles. The standard InChI is InChI=1S/C11H14F3N3O/c1-7-9(5-8(15)6-17-7)10(18)16-4-2-3-11(12,13)14/h5-6H,2-4,15H2,1H3,(H,16,18). The SMILES string of the molecule is Cc1ncc(N)cc1C(=O)NCCCC(F)(F)F. The van der Waals surface area contributed by atoms with Crippen molar-refractivity contribution in [3.8, 4) is 0 Å². The summed E-state index contributed by atoms with van der Waals surface area (Å²) in [5, 5.41) is 2.41. The van der Waals surface area contributed by atoms with Gasteiger partial charge in [-0.1, -0.05) is 0 Å².